The van der Waals surface area contributed by atoms with E-state index in [9.17, 15) is 13.2 Å². The quantitative estimate of drug-likeness (QED) is 0.524. The van der Waals surface area contributed by atoms with E-state index in [1.807, 2.05) is 6.54 Å². The van der Waals surface area contributed by atoms with Crippen molar-refractivity contribution in [3.05, 3.63) is 18.2 Å². The summed E-state index contributed by atoms with van der Waals surface area (Å²) in [6.07, 6.45) is -3.18. The summed E-state index contributed by atoms with van der Waals surface area (Å²) in [6.45, 7) is 2.21. The first-order chi connectivity index (χ1) is 4.11. The molecule has 1 N–H and O–H groups in total. The fourth-order valence-corrected chi connectivity index (χ4v) is 0.537. The Morgan fingerprint density at radius 2 is 2.22 bits per heavy atom. The van der Waals surface area contributed by atoms with E-state index >= 15 is 0 Å². The summed E-state index contributed by atoms with van der Waals surface area (Å²) in [4.78, 5) is 0. The van der Waals surface area contributed by atoms with Crippen molar-refractivity contribution in [2.24, 2.45) is 0 Å². The van der Waals surface area contributed by atoms with Crippen molar-refractivity contribution in [1.29, 1.82) is 0 Å². The van der Waals surface area contributed by atoms with E-state index in [1.54, 1.807) is 0 Å². The number of hydrogen-bond donors (Lipinski definition) is 1. The van der Waals surface area contributed by atoms with E-state index in [1.165, 1.54) is 0 Å². The second-order valence-electron chi connectivity index (χ2n) is 1.62. The Balaban J connectivity index is 2.61. The summed E-state index contributed by atoms with van der Waals surface area (Å²) < 4.78 is 34.8. The van der Waals surface area contributed by atoms with E-state index in [0.29, 0.717) is 0 Å². The third-order valence-electron chi connectivity index (χ3n) is 0.937. The molecule has 1 aliphatic rings. The topological polar surface area (TPSA) is 12.0 Å². The number of hydrogen-bond acceptors (Lipinski definition) is 1. The number of nitrogens with one attached hydrogen (secondary N) is 1. The molecule has 4 heteroatoms. The van der Waals surface area contributed by atoms with Crippen LogP contribution in [-0.2, 0) is 0 Å². The molecular weight excluding hydrogens is 131 g/mol. The second-order valence-corrected chi connectivity index (χ2v) is 1.62. The molecule has 0 aromatic heterocycles. The second kappa shape index (κ2) is 2.02. The maximum absolute atomic E-state index is 11.6. The fraction of sp³-hybridized carbons (Fsp3) is 0.400. The van der Waals surface area contributed by atoms with Crippen molar-refractivity contribution in [3.63, 3.8) is 0 Å². The Hall–Kier alpha value is -0.510. The van der Waals surface area contributed by atoms with Gasteiger partial charge in [0.1, 0.15) is 0 Å². The van der Waals surface area contributed by atoms with Gasteiger partial charge in [0.25, 0.3) is 0 Å². The zero-order valence-corrected chi connectivity index (χ0v) is 4.42. The lowest BCUT2D eigenvalue weighted by atomic mass is 10.3. The lowest BCUT2D eigenvalue weighted by Crippen LogP contribution is -2.13. The minimum Gasteiger partial charge on any atom is -0.300 e. The molecule has 0 aromatic carbocycles. The van der Waals surface area contributed by atoms with Crippen LogP contribution in [0.5, 0.6) is 0 Å². The summed E-state index contributed by atoms with van der Waals surface area (Å²) in [6, 6.07) is 0. The smallest absolute Gasteiger partial charge is 0.300 e. The molecular formula is C5H4F3N. The fourth-order valence-electron chi connectivity index (χ4n) is 0.537. The first-order valence-corrected chi connectivity index (χ1v) is 2.37. The zero-order chi connectivity index (χ0) is 6.91. The van der Waals surface area contributed by atoms with Gasteiger partial charge in [-0.15, -0.1) is 0 Å². The monoisotopic (exact) mass is 135 g/mol. The highest BCUT2D eigenvalue weighted by molar-refractivity contribution is 5.23. The van der Waals surface area contributed by atoms with Crippen LogP contribution in [0.3, 0.4) is 0 Å². The molecule has 50 valence electrons. The molecule has 0 aromatic rings. The Bertz CT molecular complexity index is 136. The maximum atomic E-state index is 11.6. The van der Waals surface area contributed by atoms with Crippen LogP contribution in [0.4, 0.5) is 13.2 Å². The van der Waals surface area contributed by atoms with Crippen LogP contribution >= 0.6 is 0 Å². The molecule has 9 heavy (non-hydrogen) atoms. The van der Waals surface area contributed by atoms with Gasteiger partial charge in [0.05, 0.1) is 12.1 Å². The zero-order valence-electron chi connectivity index (χ0n) is 4.42. The lowest BCUT2D eigenvalue weighted by molar-refractivity contribution is -0.0895. The standard InChI is InChI=1S/C5H4F3N/c6-5(7,8)4-1-2-9-3-4/h1,9H,2H2. The van der Waals surface area contributed by atoms with Crippen molar-refractivity contribution in [2.75, 3.05) is 6.54 Å². The van der Waals surface area contributed by atoms with Crippen LogP contribution < -0.4 is 5.32 Å². The molecule has 1 heterocycles. The summed E-state index contributed by atoms with van der Waals surface area (Å²) in [5.74, 6) is 0. The van der Waals surface area contributed by atoms with Crippen molar-refractivity contribution in [3.8, 4) is 0 Å². The van der Waals surface area contributed by atoms with Crippen molar-refractivity contribution in [2.45, 2.75) is 6.18 Å². The van der Waals surface area contributed by atoms with Crippen molar-refractivity contribution in [1.82, 2.24) is 5.32 Å². The van der Waals surface area contributed by atoms with Crippen LogP contribution in [0.15, 0.2) is 11.6 Å². The summed E-state index contributed by atoms with van der Waals surface area (Å²) >= 11 is 0. The molecule has 0 bridgehead atoms. The van der Waals surface area contributed by atoms with Gasteiger partial charge in [0.2, 0.25) is 0 Å². The lowest BCUT2D eigenvalue weighted by Gasteiger charge is -2.03. The molecule has 0 fully saturated rings. The number of halogens is 3. The van der Waals surface area contributed by atoms with E-state index in [4.69, 9.17) is 0 Å². The molecule has 0 amide bonds. The van der Waals surface area contributed by atoms with Gasteiger partial charge >= 0.3 is 6.18 Å². The molecule has 1 rings (SSSR count). The molecule has 2 radical (unpaired) electrons. The van der Waals surface area contributed by atoms with Gasteiger partial charge in [-0.2, -0.15) is 13.2 Å². The van der Waals surface area contributed by atoms with E-state index in [2.05, 4.69) is 5.32 Å². The predicted octanol–water partition coefficient (Wildman–Crippen LogP) is 1.12. The first kappa shape index (κ1) is 6.61. The van der Waals surface area contributed by atoms with Crippen LogP contribution in [0, 0.1) is 6.54 Å². The number of alkyl halides is 3. The average Bonchev–Trinajstić information content (AvgIpc) is 2.08. The summed E-state index contributed by atoms with van der Waals surface area (Å²) in [5.41, 5.74) is -0.706. The highest BCUT2D eigenvalue weighted by atomic mass is 19.4. The summed E-state index contributed by atoms with van der Waals surface area (Å²) in [5, 5.41) is 2.32. The minimum atomic E-state index is -4.23. The van der Waals surface area contributed by atoms with Gasteiger partial charge in [-0.25, -0.2) is 0 Å². The van der Waals surface area contributed by atoms with Crippen LogP contribution in [0.1, 0.15) is 0 Å². The van der Waals surface area contributed by atoms with Gasteiger partial charge in [-0.3, -0.25) is 0 Å². The summed E-state index contributed by atoms with van der Waals surface area (Å²) in [7, 11) is 0. The third kappa shape index (κ3) is 1.45. The van der Waals surface area contributed by atoms with Crippen LogP contribution in [-0.4, -0.2) is 12.7 Å². The Morgan fingerprint density at radius 1 is 1.56 bits per heavy atom. The van der Waals surface area contributed by atoms with Crippen molar-refractivity contribution >= 4 is 0 Å². The Labute approximate surface area is 50.6 Å². The normalized spacial score (nSPS) is 20.1. The minimum absolute atomic E-state index is 0.231. The van der Waals surface area contributed by atoms with E-state index in [-0.39, 0.29) is 6.54 Å². The third-order valence-corrected chi connectivity index (χ3v) is 0.937. The molecule has 0 saturated heterocycles. The van der Waals surface area contributed by atoms with E-state index in [0.717, 1.165) is 6.08 Å². The van der Waals surface area contributed by atoms with Crippen LogP contribution in [0.2, 0.25) is 0 Å². The van der Waals surface area contributed by atoms with E-state index < -0.39 is 11.7 Å². The average molecular weight is 135 g/mol. The van der Waals surface area contributed by atoms with Gasteiger partial charge in [0.15, 0.2) is 0 Å². The Kier molecular flexibility index (Phi) is 1.48. The maximum Gasteiger partial charge on any atom is 0.414 e. The molecule has 1 nitrogen and oxygen atoms in total. The first-order valence-electron chi connectivity index (χ1n) is 2.37. The number of rotatable bonds is 0. The van der Waals surface area contributed by atoms with Crippen molar-refractivity contribution < 1.29 is 13.2 Å². The molecule has 0 atom stereocenters. The highest BCUT2D eigenvalue weighted by Crippen LogP contribution is 2.27. The van der Waals surface area contributed by atoms with Gasteiger partial charge in [-0.05, 0) is 0 Å². The van der Waals surface area contributed by atoms with Gasteiger partial charge in [-0.1, -0.05) is 6.08 Å². The largest absolute Gasteiger partial charge is 0.414 e. The molecule has 0 spiro atoms. The molecule has 0 unspecified atom stereocenters. The molecule has 0 aliphatic carbocycles. The molecule has 0 saturated carbocycles. The molecule has 1 aliphatic heterocycles. The SMILES string of the molecule is FC(F)(F)C1=CCN[C]1. The predicted molar refractivity (Wildman–Crippen MR) is 25.4 cm³/mol. The van der Waals surface area contributed by atoms with Crippen LogP contribution in [0.25, 0.3) is 0 Å². The van der Waals surface area contributed by atoms with Gasteiger partial charge < -0.3 is 5.32 Å². The highest BCUT2D eigenvalue weighted by Gasteiger charge is 2.34. The Morgan fingerprint density at radius 3 is 2.44 bits per heavy atom. The van der Waals surface area contributed by atoms with Gasteiger partial charge in [0, 0.05) is 6.54 Å².